The van der Waals surface area contributed by atoms with Crippen molar-refractivity contribution in [2.24, 2.45) is 0 Å². The summed E-state index contributed by atoms with van der Waals surface area (Å²) in [6, 6.07) is 13.1. The predicted molar refractivity (Wildman–Crippen MR) is 78.7 cm³/mol. The van der Waals surface area contributed by atoms with Crippen molar-refractivity contribution in [3.8, 4) is 0 Å². The lowest BCUT2D eigenvalue weighted by molar-refractivity contribution is 0.147. The summed E-state index contributed by atoms with van der Waals surface area (Å²) in [5, 5.41) is 10.0. The van der Waals surface area contributed by atoms with Crippen LogP contribution in [0.3, 0.4) is 0 Å². The van der Waals surface area contributed by atoms with E-state index in [1.165, 1.54) is 17.7 Å². The van der Waals surface area contributed by atoms with Crippen molar-refractivity contribution >= 4 is 0 Å². The van der Waals surface area contributed by atoms with Crippen LogP contribution in [0.2, 0.25) is 0 Å². The minimum atomic E-state index is -0.867. The van der Waals surface area contributed by atoms with Gasteiger partial charge in [0.1, 0.15) is 11.6 Å². The van der Waals surface area contributed by atoms with E-state index in [9.17, 15) is 13.9 Å². The van der Waals surface area contributed by atoms with Gasteiger partial charge in [0.25, 0.3) is 0 Å². The maximum absolute atomic E-state index is 13.1. The van der Waals surface area contributed by atoms with Gasteiger partial charge in [-0.15, -0.1) is 0 Å². The lowest BCUT2D eigenvalue weighted by atomic mass is 10.1. The SMILES string of the molecule is CN(CCC(O)c1cc(F)cc(F)c1)Cc1ccccc1. The van der Waals surface area contributed by atoms with Crippen LogP contribution < -0.4 is 0 Å². The molecule has 21 heavy (non-hydrogen) atoms. The third-order valence-electron chi connectivity index (χ3n) is 3.35. The van der Waals surface area contributed by atoms with Crippen molar-refractivity contribution < 1.29 is 13.9 Å². The fourth-order valence-electron chi connectivity index (χ4n) is 2.25. The predicted octanol–water partition coefficient (Wildman–Crippen LogP) is 3.52. The lowest BCUT2D eigenvalue weighted by Crippen LogP contribution is -2.21. The molecule has 0 spiro atoms. The Morgan fingerprint density at radius 1 is 1.05 bits per heavy atom. The number of aliphatic hydroxyl groups is 1. The average Bonchev–Trinajstić information content (AvgIpc) is 2.45. The van der Waals surface area contributed by atoms with Gasteiger partial charge in [-0.05, 0) is 36.7 Å². The number of hydrogen-bond donors (Lipinski definition) is 1. The molecule has 0 bridgehead atoms. The number of halogens is 2. The quantitative estimate of drug-likeness (QED) is 0.880. The molecule has 1 unspecified atom stereocenters. The monoisotopic (exact) mass is 291 g/mol. The summed E-state index contributed by atoms with van der Waals surface area (Å²) in [6.07, 6.45) is -0.444. The van der Waals surface area contributed by atoms with Gasteiger partial charge in [-0.25, -0.2) is 8.78 Å². The van der Waals surface area contributed by atoms with Crippen molar-refractivity contribution in [3.63, 3.8) is 0 Å². The molecule has 1 atom stereocenters. The Hall–Kier alpha value is -1.78. The highest BCUT2D eigenvalue weighted by atomic mass is 19.1. The first-order valence-corrected chi connectivity index (χ1v) is 6.91. The summed E-state index contributed by atoms with van der Waals surface area (Å²) in [6.45, 7) is 1.40. The second-order valence-corrected chi connectivity index (χ2v) is 5.23. The van der Waals surface area contributed by atoms with Crippen LogP contribution in [0.15, 0.2) is 48.5 Å². The van der Waals surface area contributed by atoms with Gasteiger partial charge in [0.15, 0.2) is 0 Å². The first-order valence-electron chi connectivity index (χ1n) is 6.91. The molecule has 0 aliphatic carbocycles. The van der Waals surface area contributed by atoms with E-state index in [0.717, 1.165) is 12.6 Å². The van der Waals surface area contributed by atoms with Gasteiger partial charge in [-0.1, -0.05) is 30.3 Å². The standard InChI is InChI=1S/C17H19F2NO/c1-20(12-13-5-3-2-4-6-13)8-7-17(21)14-9-15(18)11-16(19)10-14/h2-6,9-11,17,21H,7-8,12H2,1H3. The topological polar surface area (TPSA) is 23.5 Å². The minimum Gasteiger partial charge on any atom is -0.388 e. The fourth-order valence-corrected chi connectivity index (χ4v) is 2.25. The highest BCUT2D eigenvalue weighted by Crippen LogP contribution is 2.19. The van der Waals surface area contributed by atoms with Crippen LogP contribution in [0.4, 0.5) is 8.78 Å². The molecule has 0 saturated carbocycles. The zero-order valence-corrected chi connectivity index (χ0v) is 12.0. The van der Waals surface area contributed by atoms with Crippen molar-refractivity contribution in [2.45, 2.75) is 19.1 Å². The highest BCUT2D eigenvalue weighted by molar-refractivity contribution is 5.20. The highest BCUT2D eigenvalue weighted by Gasteiger charge is 2.11. The van der Waals surface area contributed by atoms with Crippen LogP contribution in [0.25, 0.3) is 0 Å². The first kappa shape index (κ1) is 15.6. The summed E-state index contributed by atoms with van der Waals surface area (Å²) in [5.41, 5.74) is 1.46. The molecule has 0 aromatic heterocycles. The van der Waals surface area contributed by atoms with Crippen molar-refractivity contribution in [3.05, 3.63) is 71.3 Å². The molecule has 0 heterocycles. The summed E-state index contributed by atoms with van der Waals surface area (Å²) in [5.74, 6) is -1.33. The largest absolute Gasteiger partial charge is 0.388 e. The zero-order valence-electron chi connectivity index (χ0n) is 12.0. The minimum absolute atomic E-state index is 0.278. The summed E-state index contributed by atoms with van der Waals surface area (Å²) >= 11 is 0. The fraction of sp³-hybridized carbons (Fsp3) is 0.294. The van der Waals surface area contributed by atoms with E-state index in [1.54, 1.807) is 0 Å². The van der Waals surface area contributed by atoms with E-state index < -0.39 is 17.7 Å². The molecule has 0 amide bonds. The van der Waals surface area contributed by atoms with Crippen LogP contribution in [0.1, 0.15) is 23.7 Å². The second-order valence-electron chi connectivity index (χ2n) is 5.23. The normalized spacial score (nSPS) is 12.6. The molecule has 2 aromatic carbocycles. The van der Waals surface area contributed by atoms with Gasteiger partial charge >= 0.3 is 0 Å². The molecule has 2 aromatic rings. The van der Waals surface area contributed by atoms with Gasteiger partial charge in [-0.3, -0.25) is 0 Å². The van der Waals surface area contributed by atoms with E-state index in [0.29, 0.717) is 13.0 Å². The Morgan fingerprint density at radius 3 is 2.29 bits per heavy atom. The van der Waals surface area contributed by atoms with Gasteiger partial charge in [0.2, 0.25) is 0 Å². The van der Waals surface area contributed by atoms with E-state index >= 15 is 0 Å². The van der Waals surface area contributed by atoms with Crippen molar-refractivity contribution in [1.82, 2.24) is 4.90 Å². The molecule has 0 saturated heterocycles. The van der Waals surface area contributed by atoms with E-state index in [4.69, 9.17) is 0 Å². The zero-order chi connectivity index (χ0) is 15.2. The molecular weight excluding hydrogens is 272 g/mol. The molecule has 1 N–H and O–H groups in total. The van der Waals surface area contributed by atoms with Crippen LogP contribution in [0, 0.1) is 11.6 Å². The Morgan fingerprint density at radius 2 is 1.67 bits per heavy atom. The van der Waals surface area contributed by atoms with Gasteiger partial charge in [0, 0.05) is 19.2 Å². The van der Waals surface area contributed by atoms with Crippen LogP contribution >= 0.6 is 0 Å². The van der Waals surface area contributed by atoms with Crippen molar-refractivity contribution in [1.29, 1.82) is 0 Å². The van der Waals surface area contributed by atoms with Crippen LogP contribution in [-0.4, -0.2) is 23.6 Å². The first-order chi connectivity index (χ1) is 10.0. The number of benzene rings is 2. The van der Waals surface area contributed by atoms with Crippen LogP contribution in [-0.2, 0) is 6.54 Å². The average molecular weight is 291 g/mol. The summed E-state index contributed by atoms with van der Waals surface area (Å²) in [4.78, 5) is 2.06. The molecule has 112 valence electrons. The number of rotatable bonds is 6. The molecule has 2 rings (SSSR count). The number of nitrogens with zero attached hydrogens (tertiary/aromatic N) is 1. The second kappa shape index (κ2) is 7.29. The molecule has 0 fully saturated rings. The summed E-state index contributed by atoms with van der Waals surface area (Å²) < 4.78 is 26.2. The van der Waals surface area contributed by atoms with E-state index in [2.05, 4.69) is 4.90 Å². The van der Waals surface area contributed by atoms with Crippen LogP contribution in [0.5, 0.6) is 0 Å². The van der Waals surface area contributed by atoms with E-state index in [1.807, 2.05) is 37.4 Å². The molecular formula is C17H19F2NO. The Labute approximate surface area is 123 Å². The Kier molecular flexibility index (Phi) is 5.42. The molecule has 0 aliphatic rings. The summed E-state index contributed by atoms with van der Waals surface area (Å²) in [7, 11) is 1.95. The number of hydrogen-bond acceptors (Lipinski definition) is 2. The lowest BCUT2D eigenvalue weighted by Gasteiger charge is -2.19. The maximum Gasteiger partial charge on any atom is 0.126 e. The molecule has 0 aliphatic heterocycles. The van der Waals surface area contributed by atoms with Gasteiger partial charge in [0.05, 0.1) is 6.10 Å². The van der Waals surface area contributed by atoms with Gasteiger partial charge < -0.3 is 10.0 Å². The number of aliphatic hydroxyl groups excluding tert-OH is 1. The van der Waals surface area contributed by atoms with Gasteiger partial charge in [-0.2, -0.15) is 0 Å². The Bertz CT molecular complexity index is 554. The third kappa shape index (κ3) is 4.92. The smallest absolute Gasteiger partial charge is 0.126 e. The molecule has 4 heteroatoms. The maximum atomic E-state index is 13.1. The molecule has 0 radical (unpaired) electrons. The Balaban J connectivity index is 1.87. The van der Waals surface area contributed by atoms with Crippen molar-refractivity contribution in [2.75, 3.05) is 13.6 Å². The van der Waals surface area contributed by atoms with E-state index in [-0.39, 0.29) is 5.56 Å². The third-order valence-corrected chi connectivity index (χ3v) is 3.35. The molecule has 2 nitrogen and oxygen atoms in total.